The van der Waals surface area contributed by atoms with Crippen molar-refractivity contribution in [3.63, 3.8) is 0 Å². The largest absolute Gasteiger partial charge is 0.480 e. The number of imidazole rings is 1. The summed E-state index contributed by atoms with van der Waals surface area (Å²) >= 11 is 0. The van der Waals surface area contributed by atoms with Crippen LogP contribution in [0.5, 0.6) is 0 Å². The number of benzene rings is 1. The number of carboxylic acids is 1. The number of hydrogen-bond donors (Lipinski definition) is 3. The summed E-state index contributed by atoms with van der Waals surface area (Å²) in [6.07, 6.45) is 5.14. The van der Waals surface area contributed by atoms with Crippen LogP contribution in [0.25, 0.3) is 11.4 Å². The number of nitrogens with one attached hydrogen (secondary N) is 2. The van der Waals surface area contributed by atoms with Crippen molar-refractivity contribution in [2.45, 2.75) is 31.8 Å². The second-order valence-electron chi connectivity index (χ2n) is 6.82. The second kappa shape index (κ2) is 8.22. The molecule has 0 unspecified atom stereocenters. The molecule has 1 aromatic carbocycles. The molecule has 1 aliphatic rings. The van der Waals surface area contributed by atoms with E-state index >= 15 is 0 Å². The first-order valence-corrected chi connectivity index (χ1v) is 9.07. The number of rotatable bonds is 7. The Kier molecular flexibility index (Phi) is 5.75. The minimum atomic E-state index is -0.821. The summed E-state index contributed by atoms with van der Waals surface area (Å²) in [4.78, 5) is 29.4. The molecule has 3 N–H and O–H groups in total. The highest BCUT2D eigenvalue weighted by Gasteiger charge is 2.34. The fourth-order valence-corrected chi connectivity index (χ4v) is 3.41. The van der Waals surface area contributed by atoms with Gasteiger partial charge in [-0.15, -0.1) is 0 Å². The molecule has 1 aliphatic carbocycles. The van der Waals surface area contributed by atoms with Crippen molar-refractivity contribution in [3.05, 3.63) is 36.7 Å². The molecule has 2 aromatic rings. The van der Waals surface area contributed by atoms with Gasteiger partial charge in [-0.1, -0.05) is 19.1 Å². The first-order chi connectivity index (χ1) is 13.0. The van der Waals surface area contributed by atoms with Crippen LogP contribution in [-0.2, 0) is 11.8 Å². The van der Waals surface area contributed by atoms with Crippen molar-refractivity contribution in [2.24, 2.45) is 7.05 Å². The van der Waals surface area contributed by atoms with E-state index in [0.29, 0.717) is 12.2 Å². The lowest BCUT2D eigenvalue weighted by atomic mass is 9.85. The number of likely N-dealkylation sites (N-methyl/N-ethyl adjacent to an activating group) is 1. The van der Waals surface area contributed by atoms with Gasteiger partial charge in [0.15, 0.2) is 0 Å². The van der Waals surface area contributed by atoms with Gasteiger partial charge in [0.05, 0.1) is 6.54 Å². The molecular formula is C19H25N5O3. The maximum absolute atomic E-state index is 12.3. The van der Waals surface area contributed by atoms with Gasteiger partial charge in [0.2, 0.25) is 0 Å². The zero-order chi connectivity index (χ0) is 19.4. The lowest BCUT2D eigenvalue weighted by Crippen LogP contribution is -2.55. The quantitative estimate of drug-likeness (QED) is 0.692. The van der Waals surface area contributed by atoms with Crippen molar-refractivity contribution < 1.29 is 14.7 Å². The Morgan fingerprint density at radius 3 is 2.78 bits per heavy atom. The summed E-state index contributed by atoms with van der Waals surface area (Å²) in [6.45, 7) is 2.68. The van der Waals surface area contributed by atoms with E-state index in [1.54, 1.807) is 6.20 Å². The van der Waals surface area contributed by atoms with E-state index in [-0.39, 0.29) is 24.7 Å². The zero-order valence-corrected chi connectivity index (χ0v) is 15.6. The third-order valence-electron chi connectivity index (χ3n) is 4.91. The molecule has 0 bridgehead atoms. The number of carbonyl (C=O) groups excluding carboxylic acids is 1. The molecule has 0 spiro atoms. The standard InChI is InChI=1S/C19H25N5O3/c1-3-24(12-17(25)26)16-10-15(11-16)22-19(27)21-14-6-4-5-13(9-14)18-20-7-8-23(18)2/h4-9,15-16H,3,10-12H2,1-2H3,(H,25,26)(H2,21,22,27). The monoisotopic (exact) mass is 371 g/mol. The minimum Gasteiger partial charge on any atom is -0.480 e. The molecule has 1 saturated carbocycles. The van der Waals surface area contributed by atoms with Crippen LogP contribution in [0, 0.1) is 0 Å². The van der Waals surface area contributed by atoms with E-state index < -0.39 is 5.97 Å². The highest BCUT2D eigenvalue weighted by atomic mass is 16.4. The molecule has 0 aliphatic heterocycles. The number of anilines is 1. The van der Waals surface area contributed by atoms with Crippen LogP contribution in [0.3, 0.4) is 0 Å². The van der Waals surface area contributed by atoms with Crippen LogP contribution in [0.1, 0.15) is 19.8 Å². The lowest BCUT2D eigenvalue weighted by Gasteiger charge is -2.42. The fourth-order valence-electron chi connectivity index (χ4n) is 3.41. The minimum absolute atomic E-state index is 0.0417. The third-order valence-corrected chi connectivity index (χ3v) is 4.91. The maximum Gasteiger partial charge on any atom is 0.319 e. The number of aliphatic carboxylic acids is 1. The van der Waals surface area contributed by atoms with Gasteiger partial charge in [0.1, 0.15) is 5.82 Å². The predicted molar refractivity (Wildman–Crippen MR) is 102 cm³/mol. The highest BCUT2D eigenvalue weighted by Crippen LogP contribution is 2.26. The summed E-state index contributed by atoms with van der Waals surface area (Å²) in [6, 6.07) is 7.57. The maximum atomic E-state index is 12.3. The molecule has 3 rings (SSSR count). The number of aromatic nitrogens is 2. The SMILES string of the molecule is CCN(CC(=O)O)C1CC(NC(=O)Nc2cccc(-c3nccn3C)c2)C1. The number of hydrogen-bond acceptors (Lipinski definition) is 4. The average Bonchev–Trinajstić information content (AvgIpc) is 3.02. The molecule has 1 aromatic heterocycles. The summed E-state index contributed by atoms with van der Waals surface area (Å²) in [5, 5.41) is 14.7. The Labute approximate surface area is 158 Å². The fraction of sp³-hybridized carbons (Fsp3) is 0.421. The van der Waals surface area contributed by atoms with Crippen LogP contribution in [0.2, 0.25) is 0 Å². The number of carboxylic acid groups (broad SMARTS) is 1. The molecule has 2 amide bonds. The molecule has 1 heterocycles. The van der Waals surface area contributed by atoms with Crippen LogP contribution in [0.4, 0.5) is 10.5 Å². The molecule has 0 atom stereocenters. The van der Waals surface area contributed by atoms with Crippen LogP contribution in [-0.4, -0.2) is 56.7 Å². The van der Waals surface area contributed by atoms with E-state index in [1.807, 2.05) is 53.9 Å². The van der Waals surface area contributed by atoms with Gasteiger partial charge in [-0.25, -0.2) is 9.78 Å². The molecule has 27 heavy (non-hydrogen) atoms. The van der Waals surface area contributed by atoms with Crippen LogP contribution >= 0.6 is 0 Å². The van der Waals surface area contributed by atoms with E-state index in [0.717, 1.165) is 24.2 Å². The Morgan fingerprint density at radius 1 is 1.37 bits per heavy atom. The zero-order valence-electron chi connectivity index (χ0n) is 15.6. The normalized spacial score (nSPS) is 18.8. The summed E-state index contributed by atoms with van der Waals surface area (Å²) in [7, 11) is 1.92. The molecule has 1 fully saturated rings. The smallest absolute Gasteiger partial charge is 0.319 e. The Balaban J connectivity index is 1.51. The number of amides is 2. The lowest BCUT2D eigenvalue weighted by molar-refractivity contribution is -0.139. The average molecular weight is 371 g/mol. The van der Waals surface area contributed by atoms with E-state index in [1.165, 1.54) is 0 Å². The number of carbonyl (C=O) groups is 2. The van der Waals surface area contributed by atoms with Crippen LogP contribution < -0.4 is 10.6 Å². The van der Waals surface area contributed by atoms with Gasteiger partial charge in [-0.2, -0.15) is 0 Å². The van der Waals surface area contributed by atoms with E-state index in [2.05, 4.69) is 15.6 Å². The Hall–Kier alpha value is -2.87. The molecule has 8 nitrogen and oxygen atoms in total. The van der Waals surface area contributed by atoms with Gasteiger partial charge in [-0.3, -0.25) is 9.69 Å². The van der Waals surface area contributed by atoms with Crippen LogP contribution in [0.15, 0.2) is 36.7 Å². The van der Waals surface area contributed by atoms with Crippen molar-refractivity contribution >= 4 is 17.7 Å². The molecule has 8 heteroatoms. The summed E-state index contributed by atoms with van der Waals surface area (Å²) in [5.74, 6) is 0.0116. The van der Waals surface area contributed by atoms with Crippen molar-refractivity contribution in [1.82, 2.24) is 19.8 Å². The van der Waals surface area contributed by atoms with Gasteiger partial charge >= 0.3 is 12.0 Å². The Bertz CT molecular complexity index is 813. The van der Waals surface area contributed by atoms with Gasteiger partial charge < -0.3 is 20.3 Å². The molecule has 0 saturated heterocycles. The third kappa shape index (κ3) is 4.65. The predicted octanol–water partition coefficient (Wildman–Crippen LogP) is 2.15. The second-order valence-corrected chi connectivity index (χ2v) is 6.82. The van der Waals surface area contributed by atoms with E-state index in [4.69, 9.17) is 5.11 Å². The summed E-state index contributed by atoms with van der Waals surface area (Å²) < 4.78 is 1.92. The molecule has 144 valence electrons. The van der Waals surface area contributed by atoms with Crippen molar-refractivity contribution in [3.8, 4) is 11.4 Å². The van der Waals surface area contributed by atoms with Crippen molar-refractivity contribution in [2.75, 3.05) is 18.4 Å². The van der Waals surface area contributed by atoms with Crippen molar-refractivity contribution in [1.29, 1.82) is 0 Å². The first-order valence-electron chi connectivity index (χ1n) is 9.07. The van der Waals surface area contributed by atoms with Gasteiger partial charge in [0.25, 0.3) is 0 Å². The number of urea groups is 1. The topological polar surface area (TPSA) is 99.5 Å². The number of aryl methyl sites for hydroxylation is 1. The molecular weight excluding hydrogens is 346 g/mol. The van der Waals surface area contributed by atoms with Gasteiger partial charge in [-0.05, 0) is 31.5 Å². The molecule has 0 radical (unpaired) electrons. The van der Waals surface area contributed by atoms with E-state index in [9.17, 15) is 9.59 Å². The summed E-state index contributed by atoms with van der Waals surface area (Å²) in [5.41, 5.74) is 1.63. The van der Waals surface area contributed by atoms with Gasteiger partial charge in [0, 0.05) is 42.8 Å². The first kappa shape index (κ1) is 18.9. The number of nitrogens with zero attached hydrogens (tertiary/aromatic N) is 3. The Morgan fingerprint density at radius 2 is 2.15 bits per heavy atom. The highest BCUT2D eigenvalue weighted by molar-refractivity contribution is 5.90.